The number of aryl methyl sites for hydroxylation is 2. The van der Waals surface area contributed by atoms with Crippen LogP contribution in [0.4, 0.5) is 0 Å². The van der Waals surface area contributed by atoms with Gasteiger partial charge in [-0.3, -0.25) is 0 Å². The van der Waals surface area contributed by atoms with Crippen LogP contribution in [0.2, 0.25) is 0 Å². The van der Waals surface area contributed by atoms with Crippen LogP contribution in [0.3, 0.4) is 0 Å². The van der Waals surface area contributed by atoms with Gasteiger partial charge in [0.2, 0.25) is 0 Å². The quantitative estimate of drug-likeness (QED) is 0.650. The predicted molar refractivity (Wildman–Crippen MR) is 44.4 cm³/mol. The third kappa shape index (κ3) is 1.14. The maximum Gasteiger partial charge on any atom is 0.101 e. The van der Waals surface area contributed by atoms with E-state index in [1.54, 1.807) is 0 Å². The van der Waals surface area contributed by atoms with E-state index >= 15 is 0 Å². The van der Waals surface area contributed by atoms with E-state index in [0.29, 0.717) is 0 Å². The molecular formula is C9H12N2. The highest BCUT2D eigenvalue weighted by atomic mass is 14.7. The lowest BCUT2D eigenvalue weighted by molar-refractivity contribution is 1.09. The molecule has 2 nitrogen and oxygen atoms in total. The summed E-state index contributed by atoms with van der Waals surface area (Å²) >= 11 is 0. The summed E-state index contributed by atoms with van der Waals surface area (Å²) in [4.78, 5) is 3.16. The largest absolute Gasteiger partial charge is 0.361 e. The monoisotopic (exact) mass is 148 g/mol. The van der Waals surface area contributed by atoms with Gasteiger partial charge in [-0.25, -0.2) is 0 Å². The molecular weight excluding hydrogens is 136 g/mol. The zero-order valence-electron chi connectivity index (χ0n) is 7.15. The van der Waals surface area contributed by atoms with Gasteiger partial charge in [-0.15, -0.1) is 0 Å². The molecule has 0 atom stereocenters. The van der Waals surface area contributed by atoms with Crippen LogP contribution in [0, 0.1) is 25.2 Å². The molecule has 0 saturated carbocycles. The van der Waals surface area contributed by atoms with Crippen molar-refractivity contribution in [2.45, 2.75) is 27.2 Å². The fourth-order valence-electron chi connectivity index (χ4n) is 1.43. The number of nitrogens with zero attached hydrogens (tertiary/aromatic N) is 1. The first-order valence-electron chi connectivity index (χ1n) is 3.78. The van der Waals surface area contributed by atoms with Crippen molar-refractivity contribution in [3.8, 4) is 6.07 Å². The Kier molecular flexibility index (Phi) is 2.00. The van der Waals surface area contributed by atoms with Crippen LogP contribution in [0.1, 0.15) is 29.4 Å². The van der Waals surface area contributed by atoms with E-state index in [4.69, 9.17) is 5.26 Å². The molecule has 0 aliphatic carbocycles. The highest BCUT2D eigenvalue weighted by molar-refractivity contribution is 5.44. The van der Waals surface area contributed by atoms with Crippen molar-refractivity contribution in [2.24, 2.45) is 0 Å². The number of nitrogens with one attached hydrogen (secondary N) is 1. The lowest BCUT2D eigenvalue weighted by atomic mass is 10.1. The minimum Gasteiger partial charge on any atom is -0.361 e. The van der Waals surface area contributed by atoms with E-state index in [1.807, 2.05) is 13.8 Å². The van der Waals surface area contributed by atoms with Crippen LogP contribution in [-0.2, 0) is 6.42 Å². The Morgan fingerprint density at radius 3 is 2.36 bits per heavy atom. The van der Waals surface area contributed by atoms with E-state index < -0.39 is 0 Å². The molecule has 0 saturated heterocycles. The number of rotatable bonds is 1. The standard InChI is InChI=1S/C9H12N2/c1-4-8-6(2)11-7(3)9(8)5-10/h11H,4H2,1-3H3. The van der Waals surface area contributed by atoms with E-state index in [2.05, 4.69) is 18.0 Å². The molecule has 0 unspecified atom stereocenters. The maximum atomic E-state index is 8.77. The Hall–Kier alpha value is -1.23. The molecule has 0 radical (unpaired) electrons. The summed E-state index contributed by atoms with van der Waals surface area (Å²) in [6.45, 7) is 6.01. The SMILES string of the molecule is CCc1c(C)[nH]c(C)c1C#N. The first-order chi connectivity index (χ1) is 5.20. The van der Waals surface area contributed by atoms with Gasteiger partial charge < -0.3 is 4.98 Å². The number of nitriles is 1. The van der Waals surface area contributed by atoms with Crippen molar-refractivity contribution < 1.29 is 0 Å². The molecule has 1 rings (SSSR count). The van der Waals surface area contributed by atoms with Gasteiger partial charge in [0, 0.05) is 11.4 Å². The van der Waals surface area contributed by atoms with Gasteiger partial charge in [-0.05, 0) is 25.8 Å². The average Bonchev–Trinajstić information content (AvgIpc) is 2.24. The Morgan fingerprint density at radius 1 is 1.36 bits per heavy atom. The summed E-state index contributed by atoms with van der Waals surface area (Å²) < 4.78 is 0. The molecule has 1 aromatic heterocycles. The van der Waals surface area contributed by atoms with E-state index in [9.17, 15) is 0 Å². The van der Waals surface area contributed by atoms with E-state index in [0.717, 1.165) is 28.9 Å². The van der Waals surface area contributed by atoms with Crippen molar-refractivity contribution in [1.29, 1.82) is 5.26 Å². The normalized spacial score (nSPS) is 9.64. The molecule has 0 spiro atoms. The minimum atomic E-state index is 0.824. The van der Waals surface area contributed by atoms with Crippen LogP contribution in [0.15, 0.2) is 0 Å². The van der Waals surface area contributed by atoms with Gasteiger partial charge in [0.25, 0.3) is 0 Å². The molecule has 0 aliphatic heterocycles. The van der Waals surface area contributed by atoms with Crippen LogP contribution in [-0.4, -0.2) is 4.98 Å². The summed E-state index contributed by atoms with van der Waals surface area (Å²) in [7, 11) is 0. The summed E-state index contributed by atoms with van der Waals surface area (Å²) in [5, 5.41) is 8.77. The van der Waals surface area contributed by atoms with Gasteiger partial charge in [0.1, 0.15) is 6.07 Å². The topological polar surface area (TPSA) is 39.6 Å². The first-order valence-corrected chi connectivity index (χ1v) is 3.78. The molecule has 1 heterocycles. The molecule has 2 heteroatoms. The molecule has 11 heavy (non-hydrogen) atoms. The minimum absolute atomic E-state index is 0.824. The lowest BCUT2D eigenvalue weighted by Crippen LogP contribution is -1.84. The highest BCUT2D eigenvalue weighted by Gasteiger charge is 2.08. The van der Waals surface area contributed by atoms with Gasteiger partial charge >= 0.3 is 0 Å². The molecule has 0 aromatic carbocycles. The summed E-state index contributed by atoms with van der Waals surface area (Å²) in [5.41, 5.74) is 4.10. The fraction of sp³-hybridized carbons (Fsp3) is 0.444. The van der Waals surface area contributed by atoms with Crippen molar-refractivity contribution in [3.05, 3.63) is 22.5 Å². The van der Waals surface area contributed by atoms with Gasteiger partial charge in [-0.2, -0.15) is 5.26 Å². The third-order valence-corrected chi connectivity index (χ3v) is 1.97. The molecule has 0 bridgehead atoms. The smallest absolute Gasteiger partial charge is 0.101 e. The number of hydrogen-bond acceptors (Lipinski definition) is 1. The lowest BCUT2D eigenvalue weighted by Gasteiger charge is -1.92. The Labute approximate surface area is 66.9 Å². The molecule has 1 aromatic rings. The number of H-pyrrole nitrogens is 1. The zero-order chi connectivity index (χ0) is 8.43. The Bertz CT molecular complexity index is 302. The van der Waals surface area contributed by atoms with Crippen LogP contribution in [0.25, 0.3) is 0 Å². The second-order valence-electron chi connectivity index (χ2n) is 2.69. The van der Waals surface area contributed by atoms with Gasteiger partial charge in [-0.1, -0.05) is 6.92 Å². The summed E-state index contributed by atoms with van der Waals surface area (Å²) in [6, 6.07) is 2.20. The van der Waals surface area contributed by atoms with E-state index in [1.165, 1.54) is 0 Å². The van der Waals surface area contributed by atoms with Crippen molar-refractivity contribution in [3.63, 3.8) is 0 Å². The zero-order valence-corrected chi connectivity index (χ0v) is 7.15. The predicted octanol–water partition coefficient (Wildman–Crippen LogP) is 2.07. The van der Waals surface area contributed by atoms with Crippen molar-refractivity contribution >= 4 is 0 Å². The Morgan fingerprint density at radius 2 is 2.00 bits per heavy atom. The van der Waals surface area contributed by atoms with Gasteiger partial charge in [0.05, 0.1) is 5.56 Å². The summed E-state index contributed by atoms with van der Waals surface area (Å²) in [5.74, 6) is 0. The number of aromatic amines is 1. The molecule has 1 N–H and O–H groups in total. The van der Waals surface area contributed by atoms with Crippen molar-refractivity contribution in [1.82, 2.24) is 4.98 Å². The third-order valence-electron chi connectivity index (χ3n) is 1.97. The second-order valence-corrected chi connectivity index (χ2v) is 2.69. The second kappa shape index (κ2) is 2.79. The molecule has 0 aliphatic rings. The molecule has 58 valence electrons. The van der Waals surface area contributed by atoms with Gasteiger partial charge in [0.15, 0.2) is 0 Å². The number of hydrogen-bond donors (Lipinski definition) is 1. The van der Waals surface area contributed by atoms with Crippen LogP contribution in [0.5, 0.6) is 0 Å². The highest BCUT2D eigenvalue weighted by Crippen LogP contribution is 2.16. The van der Waals surface area contributed by atoms with E-state index in [-0.39, 0.29) is 0 Å². The average molecular weight is 148 g/mol. The maximum absolute atomic E-state index is 8.77. The summed E-state index contributed by atoms with van der Waals surface area (Å²) in [6.07, 6.45) is 0.930. The van der Waals surface area contributed by atoms with Crippen LogP contribution < -0.4 is 0 Å². The van der Waals surface area contributed by atoms with Crippen molar-refractivity contribution in [2.75, 3.05) is 0 Å². The molecule has 0 amide bonds. The fourth-order valence-corrected chi connectivity index (χ4v) is 1.43. The Balaban J connectivity index is 3.31. The first kappa shape index (κ1) is 7.87. The van der Waals surface area contributed by atoms with Crippen LogP contribution >= 0.6 is 0 Å². The number of aromatic nitrogens is 1. The molecule has 0 fully saturated rings.